The van der Waals surface area contributed by atoms with E-state index in [4.69, 9.17) is 0 Å². The largest absolute Gasteiger partial charge is 0.0630 e. The summed E-state index contributed by atoms with van der Waals surface area (Å²) in [4.78, 5) is 0. The lowest BCUT2D eigenvalue weighted by Gasteiger charge is -2.05. The second-order valence-corrected chi connectivity index (χ2v) is 4.76. The molecule has 0 saturated carbocycles. The Balaban J connectivity index is 0. The summed E-state index contributed by atoms with van der Waals surface area (Å²) in [6.45, 7) is 15.6. The Morgan fingerprint density at radius 2 is 0.818 bits per heavy atom. The molecule has 0 N–H and O–H groups in total. The summed E-state index contributed by atoms with van der Waals surface area (Å²) >= 11 is 0. The number of hydrogen-bond acceptors (Lipinski definition) is 0. The second-order valence-electron chi connectivity index (χ2n) is 4.76. The molecule has 0 heterocycles. The van der Waals surface area contributed by atoms with Gasteiger partial charge in [0.05, 0.1) is 0 Å². The molecule has 0 aliphatic carbocycles. The minimum atomic E-state index is 0.833. The molecule has 0 radical (unpaired) electrons. The molecule has 0 bridgehead atoms. The van der Waals surface area contributed by atoms with Gasteiger partial charge in [0.25, 0.3) is 0 Å². The lowest BCUT2D eigenvalue weighted by atomic mass is 10.0. The third-order valence-corrected chi connectivity index (χ3v) is 0.943. The first-order valence-corrected chi connectivity index (χ1v) is 4.86. The zero-order valence-corrected chi connectivity index (χ0v) is 9.44. The van der Waals surface area contributed by atoms with E-state index < -0.39 is 0 Å². The van der Waals surface area contributed by atoms with Crippen molar-refractivity contribution in [1.82, 2.24) is 0 Å². The molecule has 0 aromatic carbocycles. The van der Waals surface area contributed by atoms with Gasteiger partial charge in [0.2, 0.25) is 0 Å². The predicted molar refractivity (Wildman–Crippen MR) is 54.8 cm³/mol. The maximum absolute atomic E-state index is 2.26. The highest BCUT2D eigenvalue weighted by molar-refractivity contribution is 4.47. The van der Waals surface area contributed by atoms with Crippen molar-refractivity contribution in [3.05, 3.63) is 0 Å². The van der Waals surface area contributed by atoms with E-state index in [1.54, 1.807) is 0 Å². The summed E-state index contributed by atoms with van der Waals surface area (Å²) in [7, 11) is 0. The Labute approximate surface area is 73.4 Å². The highest BCUT2D eigenvalue weighted by Crippen LogP contribution is 2.08. The van der Waals surface area contributed by atoms with Gasteiger partial charge in [-0.25, -0.2) is 0 Å². The predicted octanol–water partition coefficient (Wildman–Crippen LogP) is 4.35. The van der Waals surface area contributed by atoms with Crippen LogP contribution in [-0.4, -0.2) is 0 Å². The zero-order valence-electron chi connectivity index (χ0n) is 9.44. The van der Waals surface area contributed by atoms with Gasteiger partial charge in [0, 0.05) is 0 Å². The van der Waals surface area contributed by atoms with Gasteiger partial charge >= 0.3 is 0 Å². The fraction of sp³-hybridized carbons (Fsp3) is 1.00. The smallest absolute Gasteiger partial charge is 0.0469 e. The molecule has 0 aromatic heterocycles. The fourth-order valence-corrected chi connectivity index (χ4v) is 0.943. The van der Waals surface area contributed by atoms with Crippen molar-refractivity contribution in [2.24, 2.45) is 17.8 Å². The van der Waals surface area contributed by atoms with E-state index in [1.165, 1.54) is 6.42 Å². The molecule has 0 amide bonds. The van der Waals surface area contributed by atoms with Gasteiger partial charge in [-0.3, -0.25) is 0 Å². The van der Waals surface area contributed by atoms with Crippen LogP contribution >= 0.6 is 0 Å². The first kappa shape index (κ1) is 13.6. The van der Waals surface area contributed by atoms with Crippen molar-refractivity contribution < 1.29 is 0 Å². The summed E-state index contributed by atoms with van der Waals surface area (Å²) in [5.74, 6) is 2.58. The standard InChI is InChI=1S/C7H16.C4H10/c1-6(2)5-7(3)4;1-4(2)3/h6-7H,5H2,1-4H3;4H,1-3H3. The van der Waals surface area contributed by atoms with Crippen LogP contribution in [0.3, 0.4) is 0 Å². The molecule has 0 heteroatoms. The normalized spacial score (nSPS) is 10.4. The molecular weight excluding hydrogens is 132 g/mol. The van der Waals surface area contributed by atoms with Gasteiger partial charge in [0.1, 0.15) is 0 Å². The molecule has 0 rings (SSSR count). The second kappa shape index (κ2) is 8.10. The van der Waals surface area contributed by atoms with Crippen LogP contribution in [0.15, 0.2) is 0 Å². The highest BCUT2D eigenvalue weighted by Gasteiger charge is 1.95. The monoisotopic (exact) mass is 158 g/mol. The summed E-state index contributed by atoms with van der Waals surface area (Å²) in [5, 5.41) is 0. The van der Waals surface area contributed by atoms with Gasteiger partial charge < -0.3 is 0 Å². The highest BCUT2D eigenvalue weighted by atomic mass is 14.0. The average Bonchev–Trinajstić information content (AvgIpc) is 1.56. The van der Waals surface area contributed by atoms with Gasteiger partial charge in [-0.05, 0) is 24.2 Å². The Kier molecular flexibility index (Phi) is 10.0. The Bertz CT molecular complexity index is 51.7. The van der Waals surface area contributed by atoms with Crippen molar-refractivity contribution in [1.29, 1.82) is 0 Å². The van der Waals surface area contributed by atoms with E-state index in [0.717, 1.165) is 17.8 Å². The topological polar surface area (TPSA) is 0 Å². The Hall–Kier alpha value is 0. The van der Waals surface area contributed by atoms with E-state index >= 15 is 0 Å². The van der Waals surface area contributed by atoms with Gasteiger partial charge in [-0.15, -0.1) is 0 Å². The molecule has 0 nitrogen and oxygen atoms in total. The first-order valence-electron chi connectivity index (χ1n) is 4.86. The molecule has 0 aliphatic rings. The molecule has 0 unspecified atom stereocenters. The van der Waals surface area contributed by atoms with Gasteiger partial charge in [0.15, 0.2) is 0 Å². The average molecular weight is 158 g/mol. The van der Waals surface area contributed by atoms with E-state index in [9.17, 15) is 0 Å². The number of rotatable bonds is 2. The van der Waals surface area contributed by atoms with Crippen LogP contribution in [0, 0.1) is 17.8 Å². The molecule has 0 aliphatic heterocycles. The van der Waals surface area contributed by atoms with Crippen LogP contribution in [0.5, 0.6) is 0 Å². The van der Waals surface area contributed by atoms with E-state index in [0.29, 0.717) is 0 Å². The molecule has 70 valence electrons. The Morgan fingerprint density at radius 3 is 0.818 bits per heavy atom. The third kappa shape index (κ3) is 40.0. The Morgan fingerprint density at radius 1 is 0.636 bits per heavy atom. The summed E-state index contributed by atoms with van der Waals surface area (Å²) < 4.78 is 0. The van der Waals surface area contributed by atoms with Crippen LogP contribution in [0.2, 0.25) is 0 Å². The lowest BCUT2D eigenvalue weighted by Crippen LogP contribution is -1.93. The molecule has 0 fully saturated rings. The lowest BCUT2D eigenvalue weighted by molar-refractivity contribution is 0.469. The number of hydrogen-bond donors (Lipinski definition) is 0. The van der Waals surface area contributed by atoms with E-state index in [-0.39, 0.29) is 0 Å². The van der Waals surface area contributed by atoms with E-state index in [2.05, 4.69) is 48.5 Å². The van der Waals surface area contributed by atoms with Crippen molar-refractivity contribution in [2.75, 3.05) is 0 Å². The minimum Gasteiger partial charge on any atom is -0.0630 e. The fourth-order valence-electron chi connectivity index (χ4n) is 0.943. The van der Waals surface area contributed by atoms with Crippen LogP contribution in [0.1, 0.15) is 54.9 Å². The maximum atomic E-state index is 2.26. The molecule has 0 spiro atoms. The van der Waals surface area contributed by atoms with Crippen molar-refractivity contribution in [3.63, 3.8) is 0 Å². The summed E-state index contributed by atoms with van der Waals surface area (Å²) in [6, 6.07) is 0. The van der Waals surface area contributed by atoms with Crippen LogP contribution in [0.25, 0.3) is 0 Å². The third-order valence-electron chi connectivity index (χ3n) is 0.943. The summed E-state index contributed by atoms with van der Waals surface area (Å²) in [6.07, 6.45) is 1.36. The van der Waals surface area contributed by atoms with Crippen LogP contribution < -0.4 is 0 Å². The van der Waals surface area contributed by atoms with Crippen LogP contribution in [-0.2, 0) is 0 Å². The minimum absolute atomic E-state index is 0.833. The van der Waals surface area contributed by atoms with Gasteiger partial charge in [-0.2, -0.15) is 0 Å². The quantitative estimate of drug-likeness (QED) is 0.560. The van der Waals surface area contributed by atoms with E-state index in [1.807, 2.05) is 0 Å². The molecule has 11 heavy (non-hydrogen) atoms. The van der Waals surface area contributed by atoms with Crippen LogP contribution in [0.4, 0.5) is 0 Å². The molecule has 0 saturated heterocycles. The van der Waals surface area contributed by atoms with Gasteiger partial charge in [-0.1, -0.05) is 48.5 Å². The van der Waals surface area contributed by atoms with Crippen molar-refractivity contribution >= 4 is 0 Å². The first-order chi connectivity index (χ1) is 4.86. The summed E-state index contributed by atoms with van der Waals surface area (Å²) in [5.41, 5.74) is 0. The van der Waals surface area contributed by atoms with Crippen molar-refractivity contribution in [2.45, 2.75) is 54.9 Å². The molecule has 0 aromatic rings. The maximum Gasteiger partial charge on any atom is -0.0469 e. The SMILES string of the molecule is CC(C)C.CC(C)CC(C)C. The zero-order chi connectivity index (χ0) is 9.44. The molecule has 0 atom stereocenters. The molecular formula is C11H26. The van der Waals surface area contributed by atoms with Crippen molar-refractivity contribution in [3.8, 4) is 0 Å².